The number of hydrogen-bond acceptors (Lipinski definition) is 14. The third kappa shape index (κ3) is 9.71. The van der Waals surface area contributed by atoms with Crippen LogP contribution >= 0.6 is 12.2 Å². The van der Waals surface area contributed by atoms with Gasteiger partial charge < -0.3 is 43.7 Å². The molecule has 0 amide bonds. The third-order valence-electron chi connectivity index (χ3n) is 12.0. The quantitative estimate of drug-likeness (QED) is 0.197. The summed E-state index contributed by atoms with van der Waals surface area (Å²) >= 11 is 5.41. The van der Waals surface area contributed by atoms with Gasteiger partial charge in [-0.3, -0.25) is 19.4 Å². The number of nitrogens with one attached hydrogen (secondary N) is 1. The van der Waals surface area contributed by atoms with E-state index in [1.54, 1.807) is 53.0 Å². The van der Waals surface area contributed by atoms with Gasteiger partial charge in [-0.2, -0.15) is 0 Å². The van der Waals surface area contributed by atoms with Crippen LogP contribution in [0.2, 0.25) is 0 Å². The molecule has 0 saturated carbocycles. The van der Waals surface area contributed by atoms with Crippen molar-refractivity contribution >= 4 is 58.1 Å². The van der Waals surface area contributed by atoms with E-state index in [0.717, 1.165) is 16.5 Å². The van der Waals surface area contributed by atoms with Crippen LogP contribution in [0, 0.1) is 23.7 Å². The third-order valence-corrected chi connectivity index (χ3v) is 12.2. The molecule has 1 aromatic heterocycles. The molecule has 3 fully saturated rings. The number of aliphatic hydroxyl groups excluding tert-OH is 1. The molecule has 3 aliphatic heterocycles. The van der Waals surface area contributed by atoms with Crippen molar-refractivity contribution in [3.63, 3.8) is 0 Å². The molecule has 15 heteroatoms. The number of esters is 1. The van der Waals surface area contributed by atoms with Crippen LogP contribution in [0.5, 0.6) is 0 Å². The summed E-state index contributed by atoms with van der Waals surface area (Å²) in [6, 6.07) is 8.58. The van der Waals surface area contributed by atoms with Crippen molar-refractivity contribution in [2.24, 2.45) is 23.7 Å². The van der Waals surface area contributed by atoms with E-state index in [-0.39, 0.29) is 36.1 Å². The first-order valence-corrected chi connectivity index (χ1v) is 20.5. The van der Waals surface area contributed by atoms with Gasteiger partial charge in [-0.05, 0) is 97.0 Å². The topological polar surface area (TPSA) is 172 Å². The van der Waals surface area contributed by atoms with Crippen LogP contribution in [0.3, 0.4) is 0 Å². The number of Topliss-reactive ketones (excluding diaryl/α,β-unsaturated/α-hetero) is 2. The van der Waals surface area contributed by atoms with E-state index in [0.29, 0.717) is 12.8 Å². The van der Waals surface area contributed by atoms with Gasteiger partial charge in [-0.15, -0.1) is 0 Å². The van der Waals surface area contributed by atoms with Gasteiger partial charge >= 0.3 is 12.1 Å². The van der Waals surface area contributed by atoms with Crippen LogP contribution in [0.4, 0.5) is 4.79 Å². The second-order valence-corrected chi connectivity index (χ2v) is 17.1. The Kier molecular flexibility index (Phi) is 14.4. The molecule has 58 heavy (non-hydrogen) atoms. The van der Waals surface area contributed by atoms with Gasteiger partial charge in [0.05, 0.1) is 17.7 Å². The zero-order valence-electron chi connectivity index (χ0n) is 35.1. The SMILES string of the molecule is CC[C@H]1OC(=O)[C@H](C)C(=O)[C@H](C)C(O[C@@H]2O[C@H](C)C[C@H](N(C)C)[C@H]2O)[C@](C)(OC(=O)OC/C=C/c2cnc3ccccc3c2)C[C@@H](C)C(=O)[C@H](C)[C@H]2NC(=S)O[C@@]21C. The second-order valence-electron chi connectivity index (χ2n) is 16.7. The minimum atomic E-state index is -1.76. The van der Waals surface area contributed by atoms with Crippen LogP contribution in [0.15, 0.2) is 42.6 Å². The summed E-state index contributed by atoms with van der Waals surface area (Å²) in [5.74, 6) is -5.59. The number of cyclic esters (lactones) is 1. The zero-order chi connectivity index (χ0) is 42.7. The molecule has 2 N–H and O–H groups in total. The Bertz CT molecular complexity index is 1880. The Morgan fingerprint density at radius 1 is 1.09 bits per heavy atom. The van der Waals surface area contributed by atoms with Crippen LogP contribution in [0.25, 0.3) is 17.0 Å². The lowest BCUT2D eigenvalue weighted by molar-refractivity contribution is -0.293. The van der Waals surface area contributed by atoms with E-state index < -0.39 is 83.4 Å². The molecule has 14 nitrogen and oxygen atoms in total. The molecule has 5 rings (SSSR count). The van der Waals surface area contributed by atoms with Crippen molar-refractivity contribution in [3.8, 4) is 0 Å². The van der Waals surface area contributed by atoms with Crippen LogP contribution in [0.1, 0.15) is 80.2 Å². The lowest BCUT2D eigenvalue weighted by atomic mass is 9.73. The number of pyridine rings is 1. The average molecular weight is 826 g/mol. The van der Waals surface area contributed by atoms with Crippen molar-refractivity contribution in [3.05, 3.63) is 48.2 Å². The number of fused-ring (bicyclic) bond motifs is 2. The summed E-state index contributed by atoms with van der Waals surface area (Å²) < 4.78 is 36.6. The lowest BCUT2D eigenvalue weighted by Gasteiger charge is -2.46. The van der Waals surface area contributed by atoms with Crippen LogP contribution in [-0.2, 0) is 42.8 Å². The number of ether oxygens (including phenoxy) is 6. The highest BCUT2D eigenvalue weighted by molar-refractivity contribution is 7.80. The van der Waals surface area contributed by atoms with E-state index in [1.165, 1.54) is 6.92 Å². The largest absolute Gasteiger partial charge is 0.509 e. The summed E-state index contributed by atoms with van der Waals surface area (Å²) in [6.45, 7) is 13.3. The molecular formula is C43H59N3O11S. The Morgan fingerprint density at radius 2 is 1.79 bits per heavy atom. The van der Waals surface area contributed by atoms with E-state index >= 15 is 0 Å². The summed E-state index contributed by atoms with van der Waals surface area (Å²) in [4.78, 5) is 62.8. The van der Waals surface area contributed by atoms with Gasteiger partial charge in [0.25, 0.3) is 5.17 Å². The fourth-order valence-electron chi connectivity index (χ4n) is 8.78. The molecule has 3 saturated heterocycles. The average Bonchev–Trinajstić information content (AvgIpc) is 3.50. The maximum atomic E-state index is 14.5. The normalized spacial score (nSPS) is 36.5. The number of aliphatic hydroxyl groups is 1. The first-order valence-electron chi connectivity index (χ1n) is 20.1. The summed E-state index contributed by atoms with van der Waals surface area (Å²) in [7, 11) is 3.66. The number of likely N-dealkylation sites (N-methyl/N-ethyl adjacent to an activating group) is 1. The van der Waals surface area contributed by atoms with Crippen molar-refractivity contribution in [1.29, 1.82) is 0 Å². The summed E-state index contributed by atoms with van der Waals surface area (Å²) in [5.41, 5.74) is -1.36. The number of nitrogens with zero attached hydrogens (tertiary/aromatic N) is 2. The molecular weight excluding hydrogens is 767 g/mol. The Balaban J connectivity index is 1.51. The molecule has 13 atom stereocenters. The number of hydrogen-bond donors (Lipinski definition) is 2. The minimum Gasteiger partial charge on any atom is -0.459 e. The highest BCUT2D eigenvalue weighted by Crippen LogP contribution is 2.40. The number of carbonyl (C=O) groups is 4. The number of carbonyl (C=O) groups excluding carboxylic acids is 4. The molecule has 0 bridgehead atoms. The van der Waals surface area contributed by atoms with Gasteiger partial charge in [0, 0.05) is 35.4 Å². The molecule has 3 aliphatic rings. The predicted octanol–water partition coefficient (Wildman–Crippen LogP) is 5.41. The lowest BCUT2D eigenvalue weighted by Crippen LogP contribution is -2.60. The molecule has 0 spiro atoms. The number of para-hydroxylation sites is 1. The predicted molar refractivity (Wildman–Crippen MR) is 219 cm³/mol. The Labute approximate surface area is 346 Å². The molecule has 1 unspecified atom stereocenters. The molecule has 0 aliphatic carbocycles. The van der Waals surface area contributed by atoms with Crippen molar-refractivity contribution in [2.45, 2.75) is 129 Å². The van der Waals surface area contributed by atoms with Gasteiger partial charge in [0.2, 0.25) is 0 Å². The number of rotatable bonds is 8. The number of thiocarbonyl (C=S) groups is 1. The Morgan fingerprint density at radius 3 is 2.48 bits per heavy atom. The number of ketones is 2. The number of aromatic nitrogens is 1. The maximum Gasteiger partial charge on any atom is 0.509 e. The first-order chi connectivity index (χ1) is 27.3. The van der Waals surface area contributed by atoms with Gasteiger partial charge in [0.15, 0.2) is 17.7 Å². The summed E-state index contributed by atoms with van der Waals surface area (Å²) in [6.07, 6.45) is -0.308. The minimum absolute atomic E-state index is 0.0583. The number of benzene rings is 1. The summed E-state index contributed by atoms with van der Waals surface area (Å²) in [5, 5.41) is 15.7. The van der Waals surface area contributed by atoms with Gasteiger partial charge in [0.1, 0.15) is 42.2 Å². The molecule has 2 aromatic rings. The van der Waals surface area contributed by atoms with Crippen LogP contribution in [-0.4, -0.2) is 119 Å². The molecule has 1 aromatic carbocycles. The van der Waals surface area contributed by atoms with E-state index in [4.69, 9.17) is 40.6 Å². The van der Waals surface area contributed by atoms with E-state index in [9.17, 15) is 24.3 Å². The fraction of sp³-hybridized carbons (Fsp3) is 0.628. The second kappa shape index (κ2) is 18.5. The van der Waals surface area contributed by atoms with Crippen molar-refractivity contribution < 1.29 is 52.7 Å². The van der Waals surface area contributed by atoms with Crippen molar-refractivity contribution in [2.75, 3.05) is 20.7 Å². The monoisotopic (exact) mass is 825 g/mol. The molecule has 318 valence electrons. The molecule has 0 radical (unpaired) electrons. The first kappa shape index (κ1) is 45.1. The Hall–Kier alpha value is -4.02. The molecule has 4 heterocycles. The highest BCUT2D eigenvalue weighted by atomic mass is 32.1. The maximum absolute atomic E-state index is 14.5. The zero-order valence-corrected chi connectivity index (χ0v) is 35.9. The van der Waals surface area contributed by atoms with E-state index in [2.05, 4.69) is 10.3 Å². The van der Waals surface area contributed by atoms with Gasteiger partial charge in [-0.25, -0.2) is 4.79 Å². The smallest absolute Gasteiger partial charge is 0.459 e. The fourth-order valence-corrected chi connectivity index (χ4v) is 9.09. The van der Waals surface area contributed by atoms with Crippen LogP contribution < -0.4 is 5.32 Å². The van der Waals surface area contributed by atoms with Gasteiger partial charge in [-0.1, -0.05) is 52.0 Å². The van der Waals surface area contributed by atoms with Crippen molar-refractivity contribution in [1.82, 2.24) is 15.2 Å². The standard InChI is InChI=1S/C43H59N3O11S/c1-11-32-43(8)36(45-40(58)56-43)25(4)33(47)23(2)21-42(7,57-41(51)52-18-14-15-28-20-29-16-12-13-17-30(29)44-22-28)37(26(5)34(48)27(6)38(50)54-32)55-39-35(49)31(46(9)10)19-24(3)53-39/h12-17,20,22-27,31-32,35-37,39,49H,11,18-19,21H2,1-10H3,(H,45,58)/b15-14+/t23-,24-,25+,26+,27-,31+,32-,35-,36-,37?,39+,42-,43-/m1/s1. The van der Waals surface area contributed by atoms with E-state index in [1.807, 2.05) is 63.2 Å². The highest BCUT2D eigenvalue weighted by Gasteiger charge is 2.57.